The molecule has 0 saturated heterocycles. The molecule has 3 nitrogen and oxygen atoms in total. The molecule has 2 rings (SSSR count). The van der Waals surface area contributed by atoms with Crippen molar-refractivity contribution in [1.82, 2.24) is 9.55 Å². The highest BCUT2D eigenvalue weighted by Gasteiger charge is 2.08. The van der Waals surface area contributed by atoms with Crippen LogP contribution in [0.2, 0.25) is 0 Å². The standard InChI is InChI=1S/C12H13F2N3/c1-8(2)16-12-15-3-4-17(12)11-6-9(13)5-10(14)7-11/h3-8H,1-2H3,(H,15,16). The van der Waals surface area contributed by atoms with E-state index in [2.05, 4.69) is 10.3 Å². The molecule has 0 amide bonds. The molecule has 2 aromatic rings. The number of benzene rings is 1. The van der Waals surface area contributed by atoms with Gasteiger partial charge in [-0.3, -0.25) is 4.57 Å². The Hall–Kier alpha value is -1.91. The summed E-state index contributed by atoms with van der Waals surface area (Å²) in [6.07, 6.45) is 3.23. The van der Waals surface area contributed by atoms with Gasteiger partial charge in [-0.2, -0.15) is 0 Å². The molecule has 17 heavy (non-hydrogen) atoms. The molecule has 0 aliphatic heterocycles. The van der Waals surface area contributed by atoms with E-state index in [0.717, 1.165) is 6.07 Å². The first-order valence-electron chi connectivity index (χ1n) is 5.32. The van der Waals surface area contributed by atoms with Crippen LogP contribution in [-0.2, 0) is 0 Å². The van der Waals surface area contributed by atoms with Gasteiger partial charge >= 0.3 is 0 Å². The number of hydrogen-bond donors (Lipinski definition) is 1. The Bertz CT molecular complexity index is 500. The Kier molecular flexibility index (Phi) is 3.08. The van der Waals surface area contributed by atoms with Gasteiger partial charge in [0.15, 0.2) is 0 Å². The molecular weight excluding hydrogens is 224 g/mol. The molecule has 0 spiro atoms. The Morgan fingerprint density at radius 1 is 1.18 bits per heavy atom. The number of halogens is 2. The van der Waals surface area contributed by atoms with Crippen molar-refractivity contribution in [1.29, 1.82) is 0 Å². The Balaban J connectivity index is 2.42. The van der Waals surface area contributed by atoms with Crippen molar-refractivity contribution < 1.29 is 8.78 Å². The van der Waals surface area contributed by atoms with Crippen LogP contribution in [-0.4, -0.2) is 15.6 Å². The van der Waals surface area contributed by atoms with E-state index >= 15 is 0 Å². The summed E-state index contributed by atoms with van der Waals surface area (Å²) in [7, 11) is 0. The highest BCUT2D eigenvalue weighted by Crippen LogP contribution is 2.17. The summed E-state index contributed by atoms with van der Waals surface area (Å²) in [6.45, 7) is 3.93. The number of aromatic nitrogens is 2. The summed E-state index contributed by atoms with van der Waals surface area (Å²) in [5.74, 6) is -0.654. The van der Waals surface area contributed by atoms with Crippen molar-refractivity contribution in [2.24, 2.45) is 0 Å². The summed E-state index contributed by atoms with van der Waals surface area (Å²) < 4.78 is 27.8. The first-order valence-corrected chi connectivity index (χ1v) is 5.32. The van der Waals surface area contributed by atoms with Crippen molar-refractivity contribution in [2.45, 2.75) is 19.9 Å². The average molecular weight is 237 g/mol. The third kappa shape index (κ3) is 2.61. The molecule has 5 heteroatoms. The zero-order valence-corrected chi connectivity index (χ0v) is 9.61. The second-order valence-corrected chi connectivity index (χ2v) is 4.05. The first-order chi connectivity index (χ1) is 8.06. The quantitative estimate of drug-likeness (QED) is 0.889. The van der Waals surface area contributed by atoms with Crippen molar-refractivity contribution in [3.05, 3.63) is 42.2 Å². The third-order valence-electron chi connectivity index (χ3n) is 2.18. The number of anilines is 1. The maximum Gasteiger partial charge on any atom is 0.207 e. The highest BCUT2D eigenvalue weighted by molar-refractivity contribution is 5.42. The Morgan fingerprint density at radius 3 is 2.41 bits per heavy atom. The van der Waals surface area contributed by atoms with Crippen molar-refractivity contribution in [3.63, 3.8) is 0 Å². The lowest BCUT2D eigenvalue weighted by Gasteiger charge is -2.12. The molecule has 1 aromatic carbocycles. The predicted octanol–water partition coefficient (Wildman–Crippen LogP) is 2.97. The molecule has 0 aliphatic carbocycles. The lowest BCUT2D eigenvalue weighted by atomic mass is 10.3. The van der Waals surface area contributed by atoms with Gasteiger partial charge in [-0.25, -0.2) is 13.8 Å². The van der Waals surface area contributed by atoms with Crippen LogP contribution in [0.3, 0.4) is 0 Å². The molecule has 0 radical (unpaired) electrons. The van der Waals surface area contributed by atoms with E-state index in [9.17, 15) is 8.78 Å². The molecule has 0 atom stereocenters. The van der Waals surface area contributed by atoms with Crippen LogP contribution < -0.4 is 5.32 Å². The van der Waals surface area contributed by atoms with Gasteiger partial charge in [-0.05, 0) is 26.0 Å². The number of hydrogen-bond acceptors (Lipinski definition) is 2. The van der Waals surface area contributed by atoms with Crippen LogP contribution in [0.5, 0.6) is 0 Å². The molecule has 0 aliphatic rings. The van der Waals surface area contributed by atoms with Crippen molar-refractivity contribution in [2.75, 3.05) is 5.32 Å². The molecule has 1 aromatic heterocycles. The molecule has 1 N–H and O–H groups in total. The number of nitrogens with one attached hydrogen (secondary N) is 1. The van der Waals surface area contributed by atoms with E-state index in [4.69, 9.17) is 0 Å². The summed E-state index contributed by atoms with van der Waals surface area (Å²) in [5.41, 5.74) is 0.406. The maximum absolute atomic E-state index is 13.1. The van der Waals surface area contributed by atoms with E-state index < -0.39 is 11.6 Å². The van der Waals surface area contributed by atoms with Crippen LogP contribution in [0, 0.1) is 11.6 Å². The van der Waals surface area contributed by atoms with E-state index in [1.54, 1.807) is 17.0 Å². The summed E-state index contributed by atoms with van der Waals surface area (Å²) >= 11 is 0. The SMILES string of the molecule is CC(C)Nc1nccn1-c1cc(F)cc(F)c1. The first kappa shape index (κ1) is 11.6. The van der Waals surface area contributed by atoms with Gasteiger partial charge in [0, 0.05) is 24.5 Å². The van der Waals surface area contributed by atoms with Crippen molar-refractivity contribution in [3.8, 4) is 5.69 Å². The van der Waals surface area contributed by atoms with Crippen LogP contribution in [0.25, 0.3) is 5.69 Å². The molecule has 0 bridgehead atoms. The Labute approximate surface area is 98.1 Å². The predicted molar refractivity (Wildman–Crippen MR) is 62.2 cm³/mol. The van der Waals surface area contributed by atoms with Crippen LogP contribution in [0.4, 0.5) is 14.7 Å². The molecule has 0 fully saturated rings. The van der Waals surface area contributed by atoms with Gasteiger partial charge in [0.2, 0.25) is 5.95 Å². The largest absolute Gasteiger partial charge is 0.353 e. The van der Waals surface area contributed by atoms with Crippen molar-refractivity contribution >= 4 is 5.95 Å². The second kappa shape index (κ2) is 4.53. The van der Waals surface area contributed by atoms with Crippen LogP contribution in [0.1, 0.15) is 13.8 Å². The topological polar surface area (TPSA) is 29.9 Å². The van der Waals surface area contributed by atoms with E-state index in [0.29, 0.717) is 11.6 Å². The average Bonchev–Trinajstić information content (AvgIpc) is 2.63. The number of nitrogens with zero attached hydrogens (tertiary/aromatic N) is 2. The minimum absolute atomic E-state index is 0.189. The highest BCUT2D eigenvalue weighted by atomic mass is 19.1. The fraction of sp³-hybridized carbons (Fsp3) is 0.250. The van der Waals surface area contributed by atoms with Gasteiger partial charge in [0.1, 0.15) is 11.6 Å². The lowest BCUT2D eigenvalue weighted by Crippen LogP contribution is -2.14. The fourth-order valence-corrected chi connectivity index (χ4v) is 1.56. The monoisotopic (exact) mass is 237 g/mol. The summed E-state index contributed by atoms with van der Waals surface area (Å²) in [5, 5.41) is 3.10. The molecule has 1 heterocycles. The minimum atomic E-state index is -0.607. The third-order valence-corrected chi connectivity index (χ3v) is 2.18. The number of imidazole rings is 1. The van der Waals surface area contributed by atoms with Gasteiger partial charge in [-0.15, -0.1) is 0 Å². The zero-order chi connectivity index (χ0) is 12.4. The lowest BCUT2D eigenvalue weighted by molar-refractivity contribution is 0.581. The zero-order valence-electron chi connectivity index (χ0n) is 9.61. The van der Waals surface area contributed by atoms with E-state index in [1.165, 1.54) is 12.1 Å². The smallest absolute Gasteiger partial charge is 0.207 e. The van der Waals surface area contributed by atoms with Gasteiger partial charge in [-0.1, -0.05) is 0 Å². The van der Waals surface area contributed by atoms with Gasteiger partial charge in [0.25, 0.3) is 0 Å². The van der Waals surface area contributed by atoms with Crippen LogP contribution >= 0.6 is 0 Å². The van der Waals surface area contributed by atoms with Gasteiger partial charge < -0.3 is 5.32 Å². The Morgan fingerprint density at radius 2 is 1.82 bits per heavy atom. The second-order valence-electron chi connectivity index (χ2n) is 4.05. The normalized spacial score (nSPS) is 10.9. The maximum atomic E-state index is 13.1. The van der Waals surface area contributed by atoms with Gasteiger partial charge in [0.05, 0.1) is 5.69 Å². The molecule has 90 valence electrons. The minimum Gasteiger partial charge on any atom is -0.353 e. The molecule has 0 unspecified atom stereocenters. The van der Waals surface area contributed by atoms with E-state index in [-0.39, 0.29) is 6.04 Å². The molecule has 0 saturated carbocycles. The molecular formula is C12H13F2N3. The summed E-state index contributed by atoms with van der Waals surface area (Å²) in [6, 6.07) is 3.55. The summed E-state index contributed by atoms with van der Waals surface area (Å²) in [4.78, 5) is 4.10. The van der Waals surface area contributed by atoms with E-state index in [1.807, 2.05) is 13.8 Å². The number of rotatable bonds is 3. The fourth-order valence-electron chi connectivity index (χ4n) is 1.56. The van der Waals surface area contributed by atoms with Crippen LogP contribution in [0.15, 0.2) is 30.6 Å².